The second kappa shape index (κ2) is 8.47. The van der Waals surface area contributed by atoms with Crippen molar-refractivity contribution in [1.29, 1.82) is 0 Å². The van der Waals surface area contributed by atoms with E-state index in [2.05, 4.69) is 4.98 Å². The van der Waals surface area contributed by atoms with Crippen LogP contribution in [-0.4, -0.2) is 29.6 Å². The van der Waals surface area contributed by atoms with Crippen molar-refractivity contribution < 1.29 is 9.53 Å². The topological polar surface area (TPSA) is 110 Å². The van der Waals surface area contributed by atoms with Crippen molar-refractivity contribution in [1.82, 2.24) is 9.55 Å². The number of nitrogens with one attached hydrogen (secondary N) is 1. The van der Waals surface area contributed by atoms with E-state index in [9.17, 15) is 14.4 Å². The first-order valence-corrected chi connectivity index (χ1v) is 8.96. The van der Waals surface area contributed by atoms with Crippen LogP contribution >= 0.6 is 0 Å². The Morgan fingerprint density at radius 2 is 1.79 bits per heavy atom. The SMILES string of the molecule is COc1cccc(CC(=O)N(C)c2c(N)n(Cc3ccccc3)c(=O)[nH]c2=O)c1. The van der Waals surface area contributed by atoms with E-state index in [0.29, 0.717) is 5.75 Å². The summed E-state index contributed by atoms with van der Waals surface area (Å²) < 4.78 is 6.40. The number of carbonyl (C=O) groups is 1. The maximum Gasteiger partial charge on any atom is 0.330 e. The smallest absolute Gasteiger partial charge is 0.330 e. The lowest BCUT2D eigenvalue weighted by molar-refractivity contribution is -0.117. The molecule has 0 aliphatic heterocycles. The molecule has 1 aromatic heterocycles. The Morgan fingerprint density at radius 1 is 1.10 bits per heavy atom. The van der Waals surface area contributed by atoms with Gasteiger partial charge in [0, 0.05) is 7.05 Å². The van der Waals surface area contributed by atoms with Crippen LogP contribution in [0.4, 0.5) is 11.5 Å². The van der Waals surface area contributed by atoms with Crippen LogP contribution in [0.25, 0.3) is 0 Å². The van der Waals surface area contributed by atoms with Gasteiger partial charge in [-0.2, -0.15) is 0 Å². The highest BCUT2D eigenvalue weighted by molar-refractivity contribution is 5.96. The number of benzene rings is 2. The molecule has 1 amide bonds. The van der Waals surface area contributed by atoms with Crippen LogP contribution in [0.1, 0.15) is 11.1 Å². The molecule has 3 N–H and O–H groups in total. The number of rotatable bonds is 6. The van der Waals surface area contributed by atoms with Crippen molar-refractivity contribution in [2.24, 2.45) is 0 Å². The summed E-state index contributed by atoms with van der Waals surface area (Å²) in [5, 5.41) is 0. The summed E-state index contributed by atoms with van der Waals surface area (Å²) in [6.07, 6.45) is 0.0460. The van der Waals surface area contributed by atoms with Crippen LogP contribution in [0.15, 0.2) is 64.2 Å². The molecule has 0 radical (unpaired) electrons. The molecule has 8 nitrogen and oxygen atoms in total. The van der Waals surface area contributed by atoms with Crippen LogP contribution in [0.2, 0.25) is 0 Å². The zero-order chi connectivity index (χ0) is 21.0. The van der Waals surface area contributed by atoms with Crippen molar-refractivity contribution in [3.05, 3.63) is 86.6 Å². The number of nitrogens with two attached hydrogens (primary N) is 1. The molecule has 0 aliphatic rings. The van der Waals surface area contributed by atoms with Gasteiger partial charge in [0.15, 0.2) is 5.69 Å². The largest absolute Gasteiger partial charge is 0.497 e. The lowest BCUT2D eigenvalue weighted by Gasteiger charge is -2.20. The zero-order valence-corrected chi connectivity index (χ0v) is 16.2. The molecule has 0 bridgehead atoms. The van der Waals surface area contributed by atoms with Gasteiger partial charge in [0.1, 0.15) is 11.6 Å². The molecule has 2 aromatic carbocycles. The fourth-order valence-electron chi connectivity index (χ4n) is 3.02. The molecule has 0 aliphatic carbocycles. The number of carbonyl (C=O) groups excluding carboxylic acids is 1. The summed E-state index contributed by atoms with van der Waals surface area (Å²) in [6, 6.07) is 16.3. The predicted octanol–water partition coefficient (Wildman–Crippen LogP) is 1.38. The molecule has 0 atom stereocenters. The summed E-state index contributed by atoms with van der Waals surface area (Å²) in [5.74, 6) is 0.219. The molecule has 3 rings (SSSR count). The minimum absolute atomic E-state index is 0.0460. The highest BCUT2D eigenvalue weighted by Gasteiger charge is 2.21. The number of aromatic amines is 1. The monoisotopic (exact) mass is 394 g/mol. The van der Waals surface area contributed by atoms with E-state index in [0.717, 1.165) is 11.1 Å². The van der Waals surface area contributed by atoms with E-state index in [1.807, 2.05) is 30.3 Å². The molecule has 150 valence electrons. The Hall–Kier alpha value is -3.81. The van der Waals surface area contributed by atoms with Crippen LogP contribution in [0, 0.1) is 0 Å². The molecular formula is C21H22N4O4. The van der Waals surface area contributed by atoms with E-state index < -0.39 is 11.2 Å². The maximum atomic E-state index is 12.8. The average Bonchev–Trinajstić information content (AvgIpc) is 2.71. The van der Waals surface area contributed by atoms with Gasteiger partial charge in [-0.25, -0.2) is 4.79 Å². The van der Waals surface area contributed by atoms with E-state index in [4.69, 9.17) is 10.5 Å². The van der Waals surface area contributed by atoms with Crippen molar-refractivity contribution in [3.63, 3.8) is 0 Å². The number of amides is 1. The summed E-state index contributed by atoms with van der Waals surface area (Å²) in [4.78, 5) is 40.9. The highest BCUT2D eigenvalue weighted by Crippen LogP contribution is 2.19. The Balaban J connectivity index is 1.92. The second-order valence-electron chi connectivity index (χ2n) is 6.55. The summed E-state index contributed by atoms with van der Waals surface area (Å²) in [6.45, 7) is 0.174. The van der Waals surface area contributed by atoms with Crippen LogP contribution < -0.4 is 26.6 Å². The number of nitrogen functional groups attached to an aromatic ring is 1. The fourth-order valence-corrected chi connectivity index (χ4v) is 3.02. The number of anilines is 2. The van der Waals surface area contributed by atoms with Gasteiger partial charge >= 0.3 is 5.69 Å². The van der Waals surface area contributed by atoms with Gasteiger partial charge in [0.2, 0.25) is 5.91 Å². The van der Waals surface area contributed by atoms with Crippen LogP contribution in [-0.2, 0) is 17.8 Å². The van der Waals surface area contributed by atoms with E-state index in [-0.39, 0.29) is 30.4 Å². The lowest BCUT2D eigenvalue weighted by atomic mass is 10.1. The second-order valence-corrected chi connectivity index (χ2v) is 6.55. The lowest BCUT2D eigenvalue weighted by Crippen LogP contribution is -2.40. The van der Waals surface area contributed by atoms with Crippen LogP contribution in [0.5, 0.6) is 5.75 Å². The number of H-pyrrole nitrogens is 1. The molecule has 0 saturated heterocycles. The van der Waals surface area contributed by atoms with Gasteiger partial charge in [-0.05, 0) is 23.3 Å². The number of ether oxygens (including phenoxy) is 1. The minimum atomic E-state index is -0.710. The minimum Gasteiger partial charge on any atom is -0.497 e. The molecule has 8 heteroatoms. The molecule has 0 fully saturated rings. The third-order valence-electron chi connectivity index (χ3n) is 4.60. The van der Waals surface area contributed by atoms with Gasteiger partial charge in [-0.3, -0.25) is 19.1 Å². The molecule has 29 heavy (non-hydrogen) atoms. The number of hydrogen-bond acceptors (Lipinski definition) is 5. The van der Waals surface area contributed by atoms with Crippen molar-refractivity contribution >= 4 is 17.4 Å². The normalized spacial score (nSPS) is 10.6. The first-order valence-electron chi connectivity index (χ1n) is 8.96. The maximum absolute atomic E-state index is 12.8. The number of hydrogen-bond donors (Lipinski definition) is 2. The zero-order valence-electron chi connectivity index (χ0n) is 16.2. The number of nitrogens with zero attached hydrogens (tertiary/aromatic N) is 2. The first-order chi connectivity index (χ1) is 13.9. The van der Waals surface area contributed by atoms with Crippen molar-refractivity contribution in [2.45, 2.75) is 13.0 Å². The third kappa shape index (κ3) is 4.37. The van der Waals surface area contributed by atoms with Gasteiger partial charge < -0.3 is 15.4 Å². The van der Waals surface area contributed by atoms with Crippen molar-refractivity contribution in [3.8, 4) is 5.75 Å². The van der Waals surface area contributed by atoms with Crippen LogP contribution in [0.3, 0.4) is 0 Å². The van der Waals surface area contributed by atoms with Gasteiger partial charge in [-0.1, -0.05) is 42.5 Å². The van der Waals surface area contributed by atoms with Gasteiger partial charge in [0.05, 0.1) is 20.1 Å². The molecule has 1 heterocycles. The Kier molecular flexibility index (Phi) is 5.82. The molecule has 0 saturated carbocycles. The standard InChI is InChI=1S/C21H22N4O4/c1-24(17(26)12-15-9-6-10-16(11-15)29-2)18-19(22)25(21(28)23-20(18)27)13-14-7-4-3-5-8-14/h3-11H,12-13,22H2,1-2H3,(H,23,27,28). The molecule has 3 aromatic rings. The van der Waals surface area contributed by atoms with E-state index >= 15 is 0 Å². The van der Waals surface area contributed by atoms with Gasteiger partial charge in [-0.15, -0.1) is 0 Å². The highest BCUT2D eigenvalue weighted by atomic mass is 16.5. The summed E-state index contributed by atoms with van der Waals surface area (Å²) in [5.41, 5.74) is 6.31. The average molecular weight is 394 g/mol. The first kappa shape index (κ1) is 19.9. The third-order valence-corrected chi connectivity index (χ3v) is 4.60. The van der Waals surface area contributed by atoms with E-state index in [1.165, 1.54) is 16.5 Å². The Morgan fingerprint density at radius 3 is 2.48 bits per heavy atom. The molecular weight excluding hydrogens is 372 g/mol. The van der Waals surface area contributed by atoms with Crippen molar-refractivity contribution in [2.75, 3.05) is 24.8 Å². The number of likely N-dealkylation sites (N-methyl/N-ethyl adjacent to an activating group) is 1. The summed E-state index contributed by atoms with van der Waals surface area (Å²) >= 11 is 0. The van der Waals surface area contributed by atoms with E-state index in [1.54, 1.807) is 31.4 Å². The number of methoxy groups -OCH3 is 1. The predicted molar refractivity (Wildman–Crippen MR) is 111 cm³/mol. The Bertz CT molecular complexity index is 1140. The van der Waals surface area contributed by atoms with Gasteiger partial charge in [0.25, 0.3) is 5.56 Å². The quantitative estimate of drug-likeness (QED) is 0.656. The number of aromatic nitrogens is 2. The fraction of sp³-hybridized carbons (Fsp3) is 0.190. The Labute approximate surface area is 167 Å². The summed E-state index contributed by atoms with van der Waals surface area (Å²) in [7, 11) is 3.00. The molecule has 0 unspecified atom stereocenters. The molecule has 0 spiro atoms.